The number of amides is 1. The van der Waals surface area contributed by atoms with Crippen molar-refractivity contribution in [3.8, 4) is 0 Å². The van der Waals surface area contributed by atoms with E-state index in [4.69, 9.17) is 28.4 Å². The third-order valence-electron chi connectivity index (χ3n) is 18.3. The lowest BCUT2D eigenvalue weighted by Gasteiger charge is -2.48. The van der Waals surface area contributed by atoms with Gasteiger partial charge in [-0.1, -0.05) is 270 Å². The van der Waals surface area contributed by atoms with Crippen molar-refractivity contribution in [2.45, 2.75) is 349 Å². The minimum Gasteiger partial charge on any atom is -0.394 e. The van der Waals surface area contributed by atoms with Gasteiger partial charge in [-0.3, -0.25) is 4.79 Å². The van der Waals surface area contributed by atoms with Gasteiger partial charge < -0.3 is 89.9 Å². The molecule has 568 valence electrons. The standard InChI is InChI=1S/C80H135NO18/c1-3-5-7-9-11-13-15-17-18-19-20-21-22-23-24-25-26-27-28-29-30-31-32-33-34-35-36-37-38-39-40-41-42-43-44-46-48-50-52-54-56-58-68(86)81-63(64(85)57-55-53-51-49-47-45-16-14-12-10-8-6-4-2)62-94-78-74(92)71(89)76(66(60-83)96-78)99-80-75(93)72(90)77(67(61-84)97-80)98-79-73(91)70(88)69(87)65(59-82)95-79/h5,7,11,13,17-18,20-21,23-24,26-27,29-30,32-33,35-36,38-39,63-67,69-80,82-85,87-93H,3-4,6,8-10,12,14-16,19,22,25,28,31,34,37,40-62H2,1-2H3,(H,81,86)/b7-5-,13-11-,18-17-,21-20-,24-23-,27-26-,30-29-,33-32-,36-35-,39-38-. The number of hydrogen-bond donors (Lipinski definition) is 12. The Morgan fingerprint density at radius 3 is 1.09 bits per heavy atom. The molecule has 17 unspecified atom stereocenters. The molecular formula is C80H135NO18. The van der Waals surface area contributed by atoms with E-state index in [0.717, 1.165) is 122 Å². The van der Waals surface area contributed by atoms with E-state index in [1.54, 1.807) is 0 Å². The fourth-order valence-corrected chi connectivity index (χ4v) is 12.2. The molecule has 0 saturated carbocycles. The average molecular weight is 1400 g/mol. The molecule has 0 aromatic heterocycles. The zero-order valence-electron chi connectivity index (χ0n) is 60.4. The first-order valence-corrected chi connectivity index (χ1v) is 38.3. The molecule has 0 aliphatic carbocycles. The minimum absolute atomic E-state index is 0.252. The third-order valence-corrected chi connectivity index (χ3v) is 18.3. The van der Waals surface area contributed by atoms with Crippen LogP contribution in [0.15, 0.2) is 122 Å². The summed E-state index contributed by atoms with van der Waals surface area (Å²) in [4.78, 5) is 13.4. The van der Waals surface area contributed by atoms with E-state index in [9.17, 15) is 61.0 Å². The summed E-state index contributed by atoms with van der Waals surface area (Å²) < 4.78 is 34.4. The number of carbonyl (C=O) groups excluding carboxylic acids is 1. The number of aliphatic hydroxyl groups is 11. The van der Waals surface area contributed by atoms with E-state index in [-0.39, 0.29) is 18.9 Å². The lowest BCUT2D eigenvalue weighted by molar-refractivity contribution is -0.379. The molecule has 0 spiro atoms. The number of hydrogen-bond acceptors (Lipinski definition) is 18. The predicted molar refractivity (Wildman–Crippen MR) is 392 cm³/mol. The van der Waals surface area contributed by atoms with E-state index in [1.807, 2.05) is 0 Å². The summed E-state index contributed by atoms with van der Waals surface area (Å²) in [5.41, 5.74) is 0. The monoisotopic (exact) mass is 1400 g/mol. The largest absolute Gasteiger partial charge is 0.394 e. The van der Waals surface area contributed by atoms with Crippen molar-refractivity contribution in [3.05, 3.63) is 122 Å². The first-order chi connectivity index (χ1) is 48.3. The molecule has 12 N–H and O–H groups in total. The van der Waals surface area contributed by atoms with Gasteiger partial charge in [0.25, 0.3) is 0 Å². The van der Waals surface area contributed by atoms with Crippen molar-refractivity contribution in [2.24, 2.45) is 0 Å². The van der Waals surface area contributed by atoms with Crippen LogP contribution >= 0.6 is 0 Å². The number of allylic oxidation sites excluding steroid dienone is 20. The van der Waals surface area contributed by atoms with Crippen LogP contribution in [-0.4, -0.2) is 193 Å². The molecule has 99 heavy (non-hydrogen) atoms. The van der Waals surface area contributed by atoms with E-state index in [2.05, 4.69) is 141 Å². The second-order valence-electron chi connectivity index (χ2n) is 26.7. The topological polar surface area (TPSA) is 307 Å². The maximum Gasteiger partial charge on any atom is 0.220 e. The number of carbonyl (C=O) groups is 1. The molecule has 19 nitrogen and oxygen atoms in total. The minimum atomic E-state index is -1.98. The number of ether oxygens (including phenoxy) is 6. The van der Waals surface area contributed by atoms with E-state index in [1.165, 1.54) is 89.9 Å². The summed E-state index contributed by atoms with van der Waals surface area (Å²) in [7, 11) is 0. The van der Waals surface area contributed by atoms with Gasteiger partial charge in [-0.15, -0.1) is 0 Å². The van der Waals surface area contributed by atoms with Gasteiger partial charge in [-0.2, -0.15) is 0 Å². The highest BCUT2D eigenvalue weighted by Gasteiger charge is 2.53. The fourth-order valence-electron chi connectivity index (χ4n) is 12.2. The zero-order chi connectivity index (χ0) is 71.8. The number of nitrogens with one attached hydrogen (secondary N) is 1. The van der Waals surface area contributed by atoms with Crippen molar-refractivity contribution in [1.29, 1.82) is 0 Å². The second kappa shape index (κ2) is 59.6. The van der Waals surface area contributed by atoms with Crippen molar-refractivity contribution >= 4 is 5.91 Å². The Balaban J connectivity index is 1.31. The van der Waals surface area contributed by atoms with E-state index < -0.39 is 124 Å². The van der Waals surface area contributed by atoms with Gasteiger partial charge in [0.1, 0.15) is 73.2 Å². The average Bonchev–Trinajstić information content (AvgIpc) is 0.785. The molecule has 3 aliphatic rings. The maximum atomic E-state index is 13.4. The smallest absolute Gasteiger partial charge is 0.220 e. The molecule has 19 heteroatoms. The summed E-state index contributed by atoms with van der Waals surface area (Å²) in [5, 5.41) is 121. The molecule has 3 aliphatic heterocycles. The summed E-state index contributed by atoms with van der Waals surface area (Å²) in [6, 6.07) is -0.897. The summed E-state index contributed by atoms with van der Waals surface area (Å²) >= 11 is 0. The van der Waals surface area contributed by atoms with Crippen LogP contribution in [0.4, 0.5) is 0 Å². The van der Waals surface area contributed by atoms with Gasteiger partial charge in [0, 0.05) is 6.42 Å². The van der Waals surface area contributed by atoms with Crippen molar-refractivity contribution in [1.82, 2.24) is 5.32 Å². The summed E-state index contributed by atoms with van der Waals surface area (Å²) in [6.07, 6.45) is 55.8. The summed E-state index contributed by atoms with van der Waals surface area (Å²) in [6.45, 7) is 1.66. The Morgan fingerprint density at radius 2 is 0.697 bits per heavy atom. The molecule has 0 radical (unpaired) electrons. The molecule has 3 saturated heterocycles. The van der Waals surface area contributed by atoms with Crippen LogP contribution < -0.4 is 5.32 Å². The summed E-state index contributed by atoms with van der Waals surface area (Å²) in [5.74, 6) is -0.252. The van der Waals surface area contributed by atoms with Gasteiger partial charge >= 0.3 is 0 Å². The predicted octanol–water partition coefficient (Wildman–Crippen LogP) is 11.9. The van der Waals surface area contributed by atoms with Crippen molar-refractivity contribution in [3.63, 3.8) is 0 Å². The lowest BCUT2D eigenvalue weighted by atomic mass is 9.96. The van der Waals surface area contributed by atoms with Gasteiger partial charge in [0.15, 0.2) is 18.9 Å². The molecule has 0 aromatic rings. The second-order valence-corrected chi connectivity index (χ2v) is 26.7. The lowest BCUT2D eigenvalue weighted by Crippen LogP contribution is -2.66. The quantitative estimate of drug-likeness (QED) is 0.0199. The molecule has 3 rings (SSSR count). The fraction of sp³-hybridized carbons (Fsp3) is 0.738. The zero-order valence-corrected chi connectivity index (χ0v) is 60.4. The van der Waals surface area contributed by atoms with Crippen LogP contribution in [0.2, 0.25) is 0 Å². The Bertz CT molecular complexity index is 2260. The van der Waals surface area contributed by atoms with Gasteiger partial charge in [-0.05, 0) is 89.9 Å². The van der Waals surface area contributed by atoms with Crippen molar-refractivity contribution in [2.75, 3.05) is 26.4 Å². The first-order valence-electron chi connectivity index (χ1n) is 38.3. The normalized spacial score (nSPS) is 27.3. The first kappa shape index (κ1) is 89.4. The highest BCUT2D eigenvalue weighted by molar-refractivity contribution is 5.76. The molecular weight excluding hydrogens is 1260 g/mol. The molecule has 3 heterocycles. The number of aliphatic hydroxyl groups excluding tert-OH is 11. The molecule has 1 amide bonds. The van der Waals surface area contributed by atoms with Crippen LogP contribution in [0.25, 0.3) is 0 Å². The Labute approximate surface area is 595 Å². The van der Waals surface area contributed by atoms with Gasteiger partial charge in [-0.25, -0.2) is 0 Å². The van der Waals surface area contributed by atoms with Crippen LogP contribution in [0.1, 0.15) is 245 Å². The molecule has 3 fully saturated rings. The maximum absolute atomic E-state index is 13.4. The van der Waals surface area contributed by atoms with Crippen LogP contribution in [0, 0.1) is 0 Å². The third kappa shape index (κ3) is 40.2. The Morgan fingerprint density at radius 1 is 0.374 bits per heavy atom. The van der Waals surface area contributed by atoms with Gasteiger partial charge in [0.05, 0.1) is 38.6 Å². The van der Waals surface area contributed by atoms with E-state index >= 15 is 0 Å². The SMILES string of the molecule is CC/C=C\C/C=C\C/C=C\C/C=C\C/C=C\C/C=C\C/C=C\C/C=C\C/C=C\C/C=C\CCCCCCCCCCCCC(=O)NC(COC1OC(CO)C(OC2OC(CO)C(OC3OC(CO)C(O)C(O)C3O)C(O)C2O)C(O)C1O)C(O)CCCCCCCCCCCCCCC. The van der Waals surface area contributed by atoms with Crippen LogP contribution in [0.3, 0.4) is 0 Å². The van der Waals surface area contributed by atoms with Crippen molar-refractivity contribution < 1.29 is 89.4 Å². The Kier molecular flexibility index (Phi) is 53.8. The van der Waals surface area contributed by atoms with E-state index in [0.29, 0.717) is 12.8 Å². The highest BCUT2D eigenvalue weighted by atomic mass is 16.8. The molecule has 0 aromatic carbocycles. The number of unbranched alkanes of at least 4 members (excludes halogenated alkanes) is 22. The highest BCUT2D eigenvalue weighted by Crippen LogP contribution is 2.33. The molecule has 0 bridgehead atoms. The van der Waals surface area contributed by atoms with Gasteiger partial charge in [0.2, 0.25) is 5.91 Å². The Hall–Kier alpha value is -3.81. The molecule has 17 atom stereocenters. The number of rotatable bonds is 58. The van der Waals surface area contributed by atoms with Crippen LogP contribution in [-0.2, 0) is 33.2 Å². The van der Waals surface area contributed by atoms with Crippen LogP contribution in [0.5, 0.6) is 0 Å².